The van der Waals surface area contributed by atoms with E-state index in [0.29, 0.717) is 10.0 Å². The Morgan fingerprint density at radius 1 is 1.18 bits per heavy atom. The second-order valence-corrected chi connectivity index (χ2v) is 4.71. The number of halogens is 2. The van der Waals surface area contributed by atoms with Crippen LogP contribution in [0, 0.1) is 0 Å². The van der Waals surface area contributed by atoms with Crippen molar-refractivity contribution in [3.8, 4) is 0 Å². The van der Waals surface area contributed by atoms with Gasteiger partial charge in [-0.15, -0.1) is 0 Å². The molecule has 0 saturated heterocycles. The smallest absolute Gasteiger partial charge is 0.103 e. The Balaban J connectivity index is 1.99. The quantitative estimate of drug-likeness (QED) is 0.903. The van der Waals surface area contributed by atoms with Crippen molar-refractivity contribution in [1.29, 1.82) is 0 Å². The van der Waals surface area contributed by atoms with Crippen molar-refractivity contribution < 1.29 is 4.42 Å². The maximum Gasteiger partial charge on any atom is 0.103 e. The number of aryl methyl sites for hydroxylation is 1. The van der Waals surface area contributed by atoms with E-state index >= 15 is 0 Å². The molecule has 2 aromatic rings. The van der Waals surface area contributed by atoms with Crippen LogP contribution in [0.1, 0.15) is 23.8 Å². The highest BCUT2D eigenvalue weighted by Gasteiger charge is 2.09. The molecule has 0 aliphatic rings. The number of furan rings is 1. The minimum atomic E-state index is -0.0603. The van der Waals surface area contributed by atoms with Crippen LogP contribution in [0.25, 0.3) is 0 Å². The summed E-state index contributed by atoms with van der Waals surface area (Å²) >= 11 is 11.8. The molecule has 1 aromatic heterocycles. The fourth-order valence-electron chi connectivity index (χ4n) is 1.66. The Morgan fingerprint density at radius 3 is 2.65 bits per heavy atom. The second kappa shape index (κ2) is 5.58. The maximum absolute atomic E-state index is 6.09. The van der Waals surface area contributed by atoms with Crippen LogP contribution in [0.2, 0.25) is 10.0 Å². The molecule has 0 fully saturated rings. The molecule has 2 nitrogen and oxygen atoms in total. The molecule has 0 aliphatic heterocycles. The zero-order chi connectivity index (χ0) is 12.3. The van der Waals surface area contributed by atoms with Crippen LogP contribution in [0.5, 0.6) is 0 Å². The first-order chi connectivity index (χ1) is 8.16. The first kappa shape index (κ1) is 12.5. The minimum absolute atomic E-state index is 0.0603. The lowest BCUT2D eigenvalue weighted by atomic mass is 10.0. The van der Waals surface area contributed by atoms with Crippen molar-refractivity contribution in [3.05, 3.63) is 58.0 Å². The monoisotopic (exact) mass is 269 g/mol. The van der Waals surface area contributed by atoms with Crippen LogP contribution in [-0.2, 0) is 6.42 Å². The van der Waals surface area contributed by atoms with Gasteiger partial charge in [0, 0.05) is 12.5 Å². The van der Waals surface area contributed by atoms with Crippen molar-refractivity contribution >= 4 is 23.2 Å². The number of benzene rings is 1. The minimum Gasteiger partial charge on any atom is -0.469 e. The lowest BCUT2D eigenvalue weighted by Crippen LogP contribution is -2.11. The molecule has 0 aliphatic carbocycles. The van der Waals surface area contributed by atoms with Gasteiger partial charge in [0.2, 0.25) is 0 Å². The summed E-state index contributed by atoms with van der Waals surface area (Å²) in [7, 11) is 0. The van der Waals surface area contributed by atoms with E-state index in [0.717, 1.165) is 24.2 Å². The van der Waals surface area contributed by atoms with Crippen LogP contribution >= 0.6 is 23.2 Å². The Morgan fingerprint density at radius 2 is 2.00 bits per heavy atom. The molecule has 1 unspecified atom stereocenters. The zero-order valence-corrected chi connectivity index (χ0v) is 10.7. The highest BCUT2D eigenvalue weighted by atomic mass is 35.5. The maximum atomic E-state index is 6.09. The summed E-state index contributed by atoms with van der Waals surface area (Å²) in [4.78, 5) is 0. The molecule has 4 heteroatoms. The Bertz CT molecular complexity index is 482. The van der Waals surface area contributed by atoms with Gasteiger partial charge in [0.05, 0.1) is 16.3 Å². The Hall–Kier alpha value is -0.960. The van der Waals surface area contributed by atoms with Gasteiger partial charge in [-0.3, -0.25) is 0 Å². The molecule has 1 heterocycles. The number of rotatable bonds is 4. The Labute approximate surface area is 110 Å². The lowest BCUT2D eigenvalue weighted by molar-refractivity contribution is 0.488. The summed E-state index contributed by atoms with van der Waals surface area (Å²) in [5.74, 6) is 0.945. The number of nitrogens with two attached hydrogens (primary N) is 1. The van der Waals surface area contributed by atoms with Crippen LogP contribution in [0.3, 0.4) is 0 Å². The van der Waals surface area contributed by atoms with E-state index in [9.17, 15) is 0 Å². The topological polar surface area (TPSA) is 39.2 Å². The molecule has 17 heavy (non-hydrogen) atoms. The summed E-state index contributed by atoms with van der Waals surface area (Å²) in [6.45, 7) is 0. The highest BCUT2D eigenvalue weighted by Crippen LogP contribution is 2.26. The molecule has 0 bridgehead atoms. The second-order valence-electron chi connectivity index (χ2n) is 3.90. The molecule has 0 spiro atoms. The predicted octanol–water partition coefficient (Wildman–Crippen LogP) is 4.22. The van der Waals surface area contributed by atoms with E-state index in [4.69, 9.17) is 33.4 Å². The summed E-state index contributed by atoms with van der Waals surface area (Å²) in [5, 5.41) is 1.09. The van der Waals surface area contributed by atoms with Crippen molar-refractivity contribution in [2.75, 3.05) is 0 Å². The molecule has 90 valence electrons. The molecular weight excluding hydrogens is 257 g/mol. The van der Waals surface area contributed by atoms with Crippen LogP contribution in [-0.4, -0.2) is 0 Å². The van der Waals surface area contributed by atoms with Crippen molar-refractivity contribution in [1.82, 2.24) is 0 Å². The normalized spacial score (nSPS) is 12.6. The molecule has 1 atom stereocenters. The average molecular weight is 270 g/mol. The fourth-order valence-corrected chi connectivity index (χ4v) is 1.97. The lowest BCUT2D eigenvalue weighted by Gasteiger charge is -2.11. The molecule has 0 saturated carbocycles. The highest BCUT2D eigenvalue weighted by molar-refractivity contribution is 6.42. The summed E-state index contributed by atoms with van der Waals surface area (Å²) in [6.07, 6.45) is 3.29. The first-order valence-electron chi connectivity index (χ1n) is 5.39. The van der Waals surface area contributed by atoms with Crippen LogP contribution in [0.4, 0.5) is 0 Å². The SMILES string of the molecule is NC(CCc1ccco1)c1ccc(Cl)c(Cl)c1. The fraction of sp³-hybridized carbons (Fsp3) is 0.231. The van der Waals surface area contributed by atoms with Gasteiger partial charge in [0.1, 0.15) is 5.76 Å². The molecule has 0 radical (unpaired) electrons. The molecule has 2 rings (SSSR count). The van der Waals surface area contributed by atoms with E-state index in [1.807, 2.05) is 24.3 Å². The summed E-state index contributed by atoms with van der Waals surface area (Å²) < 4.78 is 5.26. The van der Waals surface area contributed by atoms with Gasteiger partial charge in [-0.1, -0.05) is 29.3 Å². The van der Waals surface area contributed by atoms with Crippen LogP contribution < -0.4 is 5.73 Å². The van der Waals surface area contributed by atoms with E-state index in [2.05, 4.69) is 0 Å². The van der Waals surface area contributed by atoms with Crippen LogP contribution in [0.15, 0.2) is 41.0 Å². The van der Waals surface area contributed by atoms with Crippen molar-refractivity contribution in [2.24, 2.45) is 5.73 Å². The first-order valence-corrected chi connectivity index (χ1v) is 6.15. The third-order valence-electron chi connectivity index (χ3n) is 2.65. The van der Waals surface area contributed by atoms with Gasteiger partial charge in [-0.05, 0) is 36.2 Å². The zero-order valence-electron chi connectivity index (χ0n) is 9.20. The van der Waals surface area contributed by atoms with Gasteiger partial charge in [0.15, 0.2) is 0 Å². The third-order valence-corrected chi connectivity index (χ3v) is 3.39. The Kier molecular flexibility index (Phi) is 4.11. The third kappa shape index (κ3) is 3.25. The van der Waals surface area contributed by atoms with Gasteiger partial charge >= 0.3 is 0 Å². The van der Waals surface area contributed by atoms with Crippen molar-refractivity contribution in [3.63, 3.8) is 0 Å². The molecule has 2 N–H and O–H groups in total. The molecule has 0 amide bonds. The van der Waals surface area contributed by atoms with Gasteiger partial charge in [-0.25, -0.2) is 0 Å². The van der Waals surface area contributed by atoms with E-state index in [1.54, 1.807) is 12.3 Å². The van der Waals surface area contributed by atoms with Gasteiger partial charge in [-0.2, -0.15) is 0 Å². The summed E-state index contributed by atoms with van der Waals surface area (Å²) in [5.41, 5.74) is 7.08. The van der Waals surface area contributed by atoms with E-state index < -0.39 is 0 Å². The largest absolute Gasteiger partial charge is 0.469 e. The van der Waals surface area contributed by atoms with Crippen molar-refractivity contribution in [2.45, 2.75) is 18.9 Å². The van der Waals surface area contributed by atoms with Gasteiger partial charge in [0.25, 0.3) is 0 Å². The molecule has 1 aromatic carbocycles. The van der Waals surface area contributed by atoms with E-state index in [1.165, 1.54) is 0 Å². The van der Waals surface area contributed by atoms with E-state index in [-0.39, 0.29) is 6.04 Å². The van der Waals surface area contributed by atoms with Gasteiger partial charge < -0.3 is 10.2 Å². The molecular formula is C13H13Cl2NO. The predicted molar refractivity (Wildman–Crippen MR) is 70.4 cm³/mol. The summed E-state index contributed by atoms with van der Waals surface area (Å²) in [6, 6.07) is 9.25. The number of hydrogen-bond acceptors (Lipinski definition) is 2. The number of hydrogen-bond donors (Lipinski definition) is 1. The average Bonchev–Trinajstić information content (AvgIpc) is 2.82. The standard InChI is InChI=1S/C13H13Cl2NO/c14-11-5-3-9(8-12(11)15)13(16)6-4-10-2-1-7-17-10/h1-3,5,7-8,13H,4,6,16H2.